The van der Waals surface area contributed by atoms with Gasteiger partial charge in [0.15, 0.2) is 0 Å². The maximum Gasteiger partial charge on any atom is 0.334 e. The Kier molecular flexibility index (Phi) is 4.97. The standard InChI is InChI=1S/C20H28O4/c1-13-5-4-10-20(12-21)18(24-20)9-7-14(2)11-17-16(8-6-13)15(3)19(22)23-17/h5,11,17-18,21H,4,6-10,12H2,1-3H3/b13-5+,14-11+/t17-,18-,20+/m0/s1. The molecular formula is C20H28O4. The van der Waals surface area contributed by atoms with Gasteiger partial charge in [-0.2, -0.15) is 0 Å². The zero-order valence-electron chi connectivity index (χ0n) is 14.9. The summed E-state index contributed by atoms with van der Waals surface area (Å²) in [5.74, 6) is -0.185. The van der Waals surface area contributed by atoms with E-state index in [2.05, 4.69) is 26.0 Å². The van der Waals surface area contributed by atoms with E-state index in [1.807, 2.05) is 6.92 Å². The van der Waals surface area contributed by atoms with Crippen molar-refractivity contribution in [2.24, 2.45) is 0 Å². The second-order valence-corrected chi connectivity index (χ2v) is 7.45. The lowest BCUT2D eigenvalue weighted by Crippen LogP contribution is -2.20. The van der Waals surface area contributed by atoms with E-state index < -0.39 is 0 Å². The van der Waals surface area contributed by atoms with Gasteiger partial charge in [0, 0.05) is 5.57 Å². The Hall–Kier alpha value is -1.39. The molecule has 0 spiro atoms. The molecule has 1 N–H and O–H groups in total. The first-order valence-corrected chi connectivity index (χ1v) is 8.97. The Bertz CT molecular complexity index is 613. The van der Waals surface area contributed by atoms with Crippen molar-refractivity contribution < 1.29 is 19.4 Å². The quantitative estimate of drug-likeness (QED) is 0.453. The molecule has 4 nitrogen and oxygen atoms in total. The highest BCUT2D eigenvalue weighted by molar-refractivity contribution is 5.92. The van der Waals surface area contributed by atoms with E-state index in [4.69, 9.17) is 9.47 Å². The zero-order valence-corrected chi connectivity index (χ0v) is 14.9. The third-order valence-corrected chi connectivity index (χ3v) is 5.63. The van der Waals surface area contributed by atoms with E-state index in [0.29, 0.717) is 0 Å². The van der Waals surface area contributed by atoms with Gasteiger partial charge in [-0.15, -0.1) is 0 Å². The van der Waals surface area contributed by atoms with Crippen LogP contribution in [0.15, 0.2) is 34.4 Å². The van der Waals surface area contributed by atoms with Gasteiger partial charge in [0.05, 0.1) is 12.7 Å². The summed E-state index contributed by atoms with van der Waals surface area (Å²) in [6.45, 7) is 6.18. The molecule has 132 valence electrons. The van der Waals surface area contributed by atoms with E-state index in [0.717, 1.165) is 49.7 Å². The first-order chi connectivity index (χ1) is 11.4. The van der Waals surface area contributed by atoms with Crippen LogP contribution in [0.25, 0.3) is 0 Å². The molecule has 0 aromatic rings. The van der Waals surface area contributed by atoms with Gasteiger partial charge in [-0.3, -0.25) is 0 Å². The number of ether oxygens (including phenoxy) is 2. The molecule has 0 saturated carbocycles. The summed E-state index contributed by atoms with van der Waals surface area (Å²) in [7, 11) is 0. The molecule has 1 saturated heterocycles. The average Bonchev–Trinajstić information content (AvgIpc) is 3.18. The Labute approximate surface area is 144 Å². The van der Waals surface area contributed by atoms with Crippen molar-refractivity contribution in [2.75, 3.05) is 6.61 Å². The maximum absolute atomic E-state index is 11.9. The molecule has 0 aromatic heterocycles. The minimum atomic E-state index is -0.331. The van der Waals surface area contributed by atoms with Crippen LogP contribution in [-0.4, -0.2) is 35.5 Å². The molecule has 3 atom stereocenters. The largest absolute Gasteiger partial charge is 0.450 e. The van der Waals surface area contributed by atoms with Crippen LogP contribution in [0.5, 0.6) is 0 Å². The molecular weight excluding hydrogens is 304 g/mol. The van der Waals surface area contributed by atoms with Crippen molar-refractivity contribution in [3.05, 3.63) is 34.4 Å². The van der Waals surface area contributed by atoms with E-state index in [9.17, 15) is 9.90 Å². The fraction of sp³-hybridized carbons (Fsp3) is 0.650. The minimum Gasteiger partial charge on any atom is -0.450 e. The number of epoxide rings is 1. The highest BCUT2D eigenvalue weighted by atomic mass is 16.6. The normalized spacial score (nSPS) is 38.9. The highest BCUT2D eigenvalue weighted by Gasteiger charge is 2.54. The average molecular weight is 332 g/mol. The van der Waals surface area contributed by atoms with Crippen LogP contribution in [-0.2, 0) is 14.3 Å². The zero-order chi connectivity index (χ0) is 17.3. The smallest absolute Gasteiger partial charge is 0.334 e. The summed E-state index contributed by atoms with van der Waals surface area (Å²) >= 11 is 0. The Morgan fingerprint density at radius 1 is 1.21 bits per heavy atom. The number of carbonyl (C=O) groups is 1. The van der Waals surface area contributed by atoms with Gasteiger partial charge in [-0.1, -0.05) is 17.2 Å². The summed E-state index contributed by atoms with van der Waals surface area (Å²) in [6, 6.07) is 0. The van der Waals surface area contributed by atoms with Crippen molar-refractivity contribution >= 4 is 5.97 Å². The van der Waals surface area contributed by atoms with Crippen LogP contribution in [0.3, 0.4) is 0 Å². The summed E-state index contributed by atoms with van der Waals surface area (Å²) in [4.78, 5) is 11.9. The molecule has 3 rings (SSSR count). The van der Waals surface area contributed by atoms with Crippen LogP contribution in [0.4, 0.5) is 0 Å². The number of rotatable bonds is 1. The van der Waals surface area contributed by atoms with Crippen LogP contribution >= 0.6 is 0 Å². The Morgan fingerprint density at radius 2 is 2.00 bits per heavy atom. The molecule has 24 heavy (non-hydrogen) atoms. The fourth-order valence-electron chi connectivity index (χ4n) is 3.79. The number of fused-ring (bicyclic) bond motifs is 2. The monoisotopic (exact) mass is 332 g/mol. The molecule has 0 amide bonds. The Morgan fingerprint density at radius 3 is 2.75 bits per heavy atom. The number of hydrogen-bond donors (Lipinski definition) is 1. The minimum absolute atomic E-state index is 0.0969. The van der Waals surface area contributed by atoms with Crippen molar-refractivity contribution in [1.82, 2.24) is 0 Å². The molecule has 2 heterocycles. The van der Waals surface area contributed by atoms with Gasteiger partial charge < -0.3 is 14.6 Å². The van der Waals surface area contributed by atoms with Crippen molar-refractivity contribution in [3.8, 4) is 0 Å². The molecule has 1 fully saturated rings. The molecule has 1 aliphatic carbocycles. The van der Waals surface area contributed by atoms with Crippen LogP contribution in [0, 0.1) is 0 Å². The molecule has 0 bridgehead atoms. The van der Waals surface area contributed by atoms with Crippen molar-refractivity contribution in [3.63, 3.8) is 0 Å². The van der Waals surface area contributed by atoms with Gasteiger partial charge >= 0.3 is 5.97 Å². The predicted octanol–water partition coefficient (Wildman–Crippen LogP) is 3.61. The lowest BCUT2D eigenvalue weighted by atomic mass is 9.92. The second-order valence-electron chi connectivity index (χ2n) is 7.45. The molecule has 0 aromatic carbocycles. The second kappa shape index (κ2) is 6.85. The lowest BCUT2D eigenvalue weighted by molar-refractivity contribution is -0.138. The number of carbonyl (C=O) groups excluding carboxylic acids is 1. The molecule has 2 aliphatic heterocycles. The summed E-state index contributed by atoms with van der Waals surface area (Å²) < 4.78 is 11.4. The first-order valence-electron chi connectivity index (χ1n) is 8.97. The number of hydrogen-bond acceptors (Lipinski definition) is 4. The summed E-state index contributed by atoms with van der Waals surface area (Å²) in [6.07, 6.45) is 9.66. The summed E-state index contributed by atoms with van der Waals surface area (Å²) in [5.41, 5.74) is 4.09. The van der Waals surface area contributed by atoms with Crippen molar-refractivity contribution in [2.45, 2.75) is 77.1 Å². The first kappa shape index (κ1) is 17.4. The number of aliphatic hydroxyl groups excluding tert-OH is 1. The van der Waals surface area contributed by atoms with E-state index in [1.54, 1.807) is 0 Å². The third-order valence-electron chi connectivity index (χ3n) is 5.63. The van der Waals surface area contributed by atoms with Gasteiger partial charge in [-0.05, 0) is 70.9 Å². The van der Waals surface area contributed by atoms with E-state index >= 15 is 0 Å². The molecule has 3 aliphatic rings. The van der Waals surface area contributed by atoms with E-state index in [1.165, 1.54) is 11.1 Å². The third kappa shape index (κ3) is 3.50. The van der Waals surface area contributed by atoms with Gasteiger partial charge in [0.25, 0.3) is 0 Å². The molecule has 0 radical (unpaired) electrons. The van der Waals surface area contributed by atoms with Gasteiger partial charge in [0.2, 0.25) is 0 Å². The SMILES string of the molecule is CC1=C2CC/C(C)=C/CC[C@]3(CO)O[C@H]3CC/C(C)=C/[C@@H]2OC1=O. The fourth-order valence-corrected chi connectivity index (χ4v) is 3.79. The van der Waals surface area contributed by atoms with Gasteiger partial charge in [0.1, 0.15) is 11.7 Å². The van der Waals surface area contributed by atoms with Gasteiger partial charge in [-0.25, -0.2) is 4.79 Å². The topological polar surface area (TPSA) is 59.1 Å². The Balaban J connectivity index is 1.80. The van der Waals surface area contributed by atoms with Crippen LogP contribution in [0.2, 0.25) is 0 Å². The number of esters is 1. The summed E-state index contributed by atoms with van der Waals surface area (Å²) in [5, 5.41) is 9.69. The molecule has 4 heteroatoms. The van der Waals surface area contributed by atoms with Crippen LogP contribution < -0.4 is 0 Å². The number of aliphatic hydroxyl groups is 1. The molecule has 0 unspecified atom stereocenters. The van der Waals surface area contributed by atoms with E-state index in [-0.39, 0.29) is 30.4 Å². The van der Waals surface area contributed by atoms with Crippen LogP contribution in [0.1, 0.15) is 59.3 Å². The number of allylic oxidation sites excluding steroid dienone is 3. The lowest BCUT2D eigenvalue weighted by Gasteiger charge is -2.14. The predicted molar refractivity (Wildman–Crippen MR) is 92.5 cm³/mol. The van der Waals surface area contributed by atoms with Crippen molar-refractivity contribution in [1.29, 1.82) is 0 Å². The highest BCUT2D eigenvalue weighted by Crippen LogP contribution is 2.44. The maximum atomic E-state index is 11.9.